The third-order valence-electron chi connectivity index (χ3n) is 3.07. The Kier molecular flexibility index (Phi) is 4.30. The first-order chi connectivity index (χ1) is 8.86. The number of hydrogen-bond donors (Lipinski definition) is 2. The lowest BCUT2D eigenvalue weighted by molar-refractivity contribution is 0.505. The molecule has 0 aliphatic rings. The maximum Gasteiger partial charge on any atom is 0.0705 e. The Labute approximate surface area is 107 Å². The minimum Gasteiger partial charge on any atom is -0.271 e. The van der Waals surface area contributed by atoms with E-state index in [0.717, 1.165) is 30.2 Å². The molecular weight excluding hydrogens is 222 g/mol. The van der Waals surface area contributed by atoms with Crippen LogP contribution in [0, 0.1) is 12.3 Å². The number of nitrogens with two attached hydrogens (primary N) is 1. The minimum atomic E-state index is 0.117. The van der Waals surface area contributed by atoms with E-state index in [0.29, 0.717) is 0 Å². The molecule has 0 saturated heterocycles. The SMILES string of the molecule is C#CCCCC(NN)c1cccc2ncccc12. The quantitative estimate of drug-likeness (QED) is 0.365. The smallest absolute Gasteiger partial charge is 0.0705 e. The summed E-state index contributed by atoms with van der Waals surface area (Å²) in [6, 6.07) is 10.2. The van der Waals surface area contributed by atoms with E-state index in [1.165, 1.54) is 5.56 Å². The van der Waals surface area contributed by atoms with Crippen LogP contribution in [0.15, 0.2) is 36.5 Å². The highest BCUT2D eigenvalue weighted by Crippen LogP contribution is 2.25. The molecule has 1 aromatic carbocycles. The van der Waals surface area contributed by atoms with Crippen LogP contribution in [0.4, 0.5) is 0 Å². The normalized spacial score (nSPS) is 12.2. The molecule has 92 valence electrons. The Morgan fingerprint density at radius 2 is 2.22 bits per heavy atom. The highest BCUT2D eigenvalue weighted by Gasteiger charge is 2.12. The molecule has 1 heterocycles. The van der Waals surface area contributed by atoms with Gasteiger partial charge >= 0.3 is 0 Å². The van der Waals surface area contributed by atoms with Crippen LogP contribution in [0.5, 0.6) is 0 Å². The van der Waals surface area contributed by atoms with Crippen molar-refractivity contribution in [3.8, 4) is 12.3 Å². The van der Waals surface area contributed by atoms with Gasteiger partial charge in [-0.1, -0.05) is 18.2 Å². The molecule has 0 saturated carbocycles. The van der Waals surface area contributed by atoms with E-state index in [1.807, 2.05) is 18.2 Å². The van der Waals surface area contributed by atoms with E-state index >= 15 is 0 Å². The van der Waals surface area contributed by atoms with Crippen LogP contribution in [-0.4, -0.2) is 4.98 Å². The van der Waals surface area contributed by atoms with Crippen molar-refractivity contribution >= 4 is 10.9 Å². The second kappa shape index (κ2) is 6.15. The summed E-state index contributed by atoms with van der Waals surface area (Å²) in [6.45, 7) is 0. The summed E-state index contributed by atoms with van der Waals surface area (Å²) in [5, 5.41) is 1.14. The lowest BCUT2D eigenvalue weighted by atomic mass is 9.97. The molecule has 0 aliphatic carbocycles. The standard InChI is InChI=1S/C15H17N3/c1-2-3-4-9-15(18-16)13-7-5-10-14-12(13)8-6-11-17-14/h1,5-8,10-11,15,18H,3-4,9,16H2. The number of pyridine rings is 1. The maximum absolute atomic E-state index is 5.66. The van der Waals surface area contributed by atoms with Gasteiger partial charge in [0.05, 0.1) is 5.52 Å². The zero-order chi connectivity index (χ0) is 12.8. The third-order valence-corrected chi connectivity index (χ3v) is 3.07. The highest BCUT2D eigenvalue weighted by molar-refractivity contribution is 5.82. The van der Waals surface area contributed by atoms with Crippen molar-refractivity contribution in [3.05, 3.63) is 42.1 Å². The van der Waals surface area contributed by atoms with Gasteiger partial charge < -0.3 is 0 Å². The lowest BCUT2D eigenvalue weighted by Crippen LogP contribution is -2.28. The van der Waals surface area contributed by atoms with Gasteiger partial charge in [0.1, 0.15) is 0 Å². The highest BCUT2D eigenvalue weighted by atomic mass is 15.2. The number of nitrogens with one attached hydrogen (secondary N) is 1. The molecule has 0 aliphatic heterocycles. The van der Waals surface area contributed by atoms with Crippen molar-refractivity contribution in [3.63, 3.8) is 0 Å². The first kappa shape index (κ1) is 12.6. The molecule has 2 rings (SSSR count). The van der Waals surface area contributed by atoms with Crippen LogP contribution < -0.4 is 11.3 Å². The number of rotatable bonds is 5. The minimum absolute atomic E-state index is 0.117. The van der Waals surface area contributed by atoms with Gasteiger partial charge in [0.2, 0.25) is 0 Å². The molecule has 1 unspecified atom stereocenters. The van der Waals surface area contributed by atoms with E-state index in [4.69, 9.17) is 12.3 Å². The van der Waals surface area contributed by atoms with E-state index < -0.39 is 0 Å². The number of hydrogen-bond acceptors (Lipinski definition) is 3. The Hall–Kier alpha value is -1.89. The molecule has 0 amide bonds. The summed E-state index contributed by atoms with van der Waals surface area (Å²) in [5.41, 5.74) is 5.05. The molecule has 1 aromatic heterocycles. The van der Waals surface area contributed by atoms with Crippen molar-refractivity contribution in [2.24, 2.45) is 5.84 Å². The van der Waals surface area contributed by atoms with Gasteiger partial charge in [-0.15, -0.1) is 12.3 Å². The van der Waals surface area contributed by atoms with Crippen molar-refractivity contribution in [2.75, 3.05) is 0 Å². The number of fused-ring (bicyclic) bond motifs is 1. The Morgan fingerprint density at radius 1 is 1.33 bits per heavy atom. The van der Waals surface area contributed by atoms with Crippen LogP contribution in [0.1, 0.15) is 30.9 Å². The summed E-state index contributed by atoms with van der Waals surface area (Å²) < 4.78 is 0. The average Bonchev–Trinajstić information content (AvgIpc) is 2.43. The van der Waals surface area contributed by atoms with Gasteiger partial charge in [0.15, 0.2) is 0 Å². The fourth-order valence-corrected chi connectivity index (χ4v) is 2.17. The topological polar surface area (TPSA) is 50.9 Å². The van der Waals surface area contributed by atoms with Crippen molar-refractivity contribution in [1.82, 2.24) is 10.4 Å². The van der Waals surface area contributed by atoms with Crippen molar-refractivity contribution < 1.29 is 0 Å². The fourth-order valence-electron chi connectivity index (χ4n) is 2.17. The zero-order valence-corrected chi connectivity index (χ0v) is 10.3. The van der Waals surface area contributed by atoms with Crippen LogP contribution in [0.3, 0.4) is 0 Å². The number of aromatic nitrogens is 1. The second-order valence-corrected chi connectivity index (χ2v) is 4.23. The number of terminal acetylenes is 1. The average molecular weight is 239 g/mol. The summed E-state index contributed by atoms with van der Waals surface area (Å²) in [5.74, 6) is 8.31. The number of benzene rings is 1. The molecule has 18 heavy (non-hydrogen) atoms. The molecule has 0 fully saturated rings. The molecule has 0 bridgehead atoms. The predicted molar refractivity (Wildman–Crippen MR) is 74.5 cm³/mol. The molecule has 1 atom stereocenters. The first-order valence-electron chi connectivity index (χ1n) is 6.10. The Bertz CT molecular complexity index is 552. The second-order valence-electron chi connectivity index (χ2n) is 4.23. The van der Waals surface area contributed by atoms with E-state index in [2.05, 4.69) is 28.5 Å². The number of hydrazine groups is 1. The van der Waals surface area contributed by atoms with E-state index in [-0.39, 0.29) is 6.04 Å². The predicted octanol–water partition coefficient (Wildman–Crippen LogP) is 2.54. The summed E-state index contributed by atoms with van der Waals surface area (Å²) in [6.07, 6.45) is 9.74. The van der Waals surface area contributed by atoms with Crippen LogP contribution >= 0.6 is 0 Å². The lowest BCUT2D eigenvalue weighted by Gasteiger charge is -2.17. The van der Waals surface area contributed by atoms with Gasteiger partial charge in [0.25, 0.3) is 0 Å². The monoisotopic (exact) mass is 239 g/mol. The van der Waals surface area contributed by atoms with Crippen LogP contribution in [0.25, 0.3) is 10.9 Å². The van der Waals surface area contributed by atoms with Gasteiger partial charge in [-0.2, -0.15) is 0 Å². The van der Waals surface area contributed by atoms with E-state index in [1.54, 1.807) is 6.20 Å². The fraction of sp³-hybridized carbons (Fsp3) is 0.267. The summed E-state index contributed by atoms with van der Waals surface area (Å²) >= 11 is 0. The zero-order valence-electron chi connectivity index (χ0n) is 10.3. The van der Waals surface area contributed by atoms with Gasteiger partial charge in [0, 0.05) is 24.0 Å². The number of unbranched alkanes of at least 4 members (excludes halogenated alkanes) is 1. The summed E-state index contributed by atoms with van der Waals surface area (Å²) in [7, 11) is 0. The Morgan fingerprint density at radius 3 is 3.00 bits per heavy atom. The molecule has 0 spiro atoms. The number of nitrogens with zero attached hydrogens (tertiary/aromatic N) is 1. The van der Waals surface area contributed by atoms with Crippen molar-refractivity contribution in [2.45, 2.75) is 25.3 Å². The molecule has 3 heteroatoms. The van der Waals surface area contributed by atoms with Crippen LogP contribution in [0.2, 0.25) is 0 Å². The summed E-state index contributed by atoms with van der Waals surface area (Å²) in [4.78, 5) is 4.35. The van der Waals surface area contributed by atoms with Gasteiger partial charge in [-0.25, -0.2) is 0 Å². The molecule has 0 radical (unpaired) electrons. The van der Waals surface area contributed by atoms with Gasteiger partial charge in [-0.05, 0) is 30.5 Å². The third kappa shape index (κ3) is 2.67. The van der Waals surface area contributed by atoms with E-state index in [9.17, 15) is 0 Å². The molecule has 3 nitrogen and oxygen atoms in total. The molecule has 3 N–H and O–H groups in total. The first-order valence-corrected chi connectivity index (χ1v) is 6.10. The van der Waals surface area contributed by atoms with Crippen molar-refractivity contribution in [1.29, 1.82) is 0 Å². The van der Waals surface area contributed by atoms with Crippen LogP contribution in [-0.2, 0) is 0 Å². The molecular formula is C15H17N3. The largest absolute Gasteiger partial charge is 0.271 e. The molecule has 2 aromatic rings. The Balaban J connectivity index is 2.30. The van der Waals surface area contributed by atoms with Gasteiger partial charge in [-0.3, -0.25) is 16.3 Å². The maximum atomic E-state index is 5.66.